The Hall–Kier alpha value is -1.83. The van der Waals surface area contributed by atoms with Gasteiger partial charge in [-0.3, -0.25) is 4.79 Å². The minimum absolute atomic E-state index is 0.0215. The van der Waals surface area contributed by atoms with E-state index in [0.717, 1.165) is 0 Å². The van der Waals surface area contributed by atoms with Gasteiger partial charge >= 0.3 is 12.0 Å². The van der Waals surface area contributed by atoms with Gasteiger partial charge in [0.1, 0.15) is 6.04 Å². The van der Waals surface area contributed by atoms with E-state index in [4.69, 9.17) is 5.11 Å². The number of β-amino-alcohol motifs (C(OH)–C–C–N with tert-alkyl or cyclic N) is 1. The van der Waals surface area contributed by atoms with Gasteiger partial charge in [0, 0.05) is 39.0 Å². The lowest BCUT2D eigenvalue weighted by atomic mass is 10.2. The van der Waals surface area contributed by atoms with E-state index >= 15 is 0 Å². The lowest BCUT2D eigenvalue weighted by Gasteiger charge is -2.28. The molecule has 0 bridgehead atoms. The molecule has 0 aromatic rings. The summed E-state index contributed by atoms with van der Waals surface area (Å²) >= 11 is 0. The van der Waals surface area contributed by atoms with Gasteiger partial charge in [0.15, 0.2) is 0 Å². The fourth-order valence-corrected chi connectivity index (χ4v) is 2.40. The zero-order chi connectivity index (χ0) is 14.0. The quantitative estimate of drug-likeness (QED) is 0.534. The molecule has 0 aromatic carbocycles. The molecule has 106 valence electrons. The van der Waals surface area contributed by atoms with Gasteiger partial charge in [0.25, 0.3) is 0 Å². The number of aliphatic hydroxyl groups is 1. The number of nitrogens with zero attached hydrogens (tertiary/aromatic N) is 2. The smallest absolute Gasteiger partial charge is 0.326 e. The lowest BCUT2D eigenvalue weighted by Crippen LogP contribution is -2.49. The van der Waals surface area contributed by atoms with Gasteiger partial charge in [-0.25, -0.2) is 9.59 Å². The predicted octanol–water partition coefficient (Wildman–Crippen LogP) is -1.55. The molecule has 2 aliphatic rings. The molecule has 8 heteroatoms. The second-order valence-corrected chi connectivity index (χ2v) is 4.77. The van der Waals surface area contributed by atoms with Crippen molar-refractivity contribution < 1.29 is 24.6 Å². The first kappa shape index (κ1) is 13.6. The van der Waals surface area contributed by atoms with Crippen LogP contribution >= 0.6 is 0 Å². The third-order valence-electron chi connectivity index (χ3n) is 3.39. The summed E-state index contributed by atoms with van der Waals surface area (Å²) in [5.41, 5.74) is 0. The van der Waals surface area contributed by atoms with Crippen molar-refractivity contribution in [3.05, 3.63) is 0 Å². The van der Waals surface area contributed by atoms with Crippen LogP contribution in [0.3, 0.4) is 0 Å². The van der Waals surface area contributed by atoms with Gasteiger partial charge in [0.05, 0.1) is 6.10 Å². The fraction of sp³-hybridized carbons (Fsp3) is 0.727. The van der Waals surface area contributed by atoms with Crippen molar-refractivity contribution in [2.45, 2.75) is 25.0 Å². The molecule has 2 fully saturated rings. The van der Waals surface area contributed by atoms with Crippen LogP contribution in [0.25, 0.3) is 0 Å². The summed E-state index contributed by atoms with van der Waals surface area (Å²) in [5.74, 6) is -1.24. The van der Waals surface area contributed by atoms with E-state index < -0.39 is 24.1 Å². The molecule has 2 saturated heterocycles. The van der Waals surface area contributed by atoms with Crippen LogP contribution in [0, 0.1) is 0 Å². The number of hydrogen-bond donors (Lipinski definition) is 3. The molecule has 0 aromatic heterocycles. The zero-order valence-electron chi connectivity index (χ0n) is 10.4. The normalized spacial score (nSPS) is 27.9. The average molecular weight is 271 g/mol. The van der Waals surface area contributed by atoms with E-state index in [1.54, 1.807) is 0 Å². The minimum atomic E-state index is -1.12. The number of hydrogen-bond acceptors (Lipinski definition) is 4. The zero-order valence-corrected chi connectivity index (χ0v) is 10.4. The molecule has 2 atom stereocenters. The number of amides is 3. The first-order valence-corrected chi connectivity index (χ1v) is 6.22. The number of likely N-dealkylation sites (tertiary alicyclic amines) is 1. The Kier molecular flexibility index (Phi) is 3.89. The van der Waals surface area contributed by atoms with Crippen LogP contribution in [-0.4, -0.2) is 76.2 Å². The van der Waals surface area contributed by atoms with Gasteiger partial charge < -0.3 is 25.3 Å². The van der Waals surface area contributed by atoms with Crippen molar-refractivity contribution in [3.8, 4) is 0 Å². The second kappa shape index (κ2) is 5.43. The summed E-state index contributed by atoms with van der Waals surface area (Å²) in [5, 5.41) is 21.2. The molecular weight excluding hydrogens is 254 g/mol. The summed E-state index contributed by atoms with van der Waals surface area (Å²) in [7, 11) is 0. The van der Waals surface area contributed by atoms with Crippen molar-refractivity contribution in [3.63, 3.8) is 0 Å². The number of carbonyl (C=O) groups excluding carboxylic acids is 2. The van der Waals surface area contributed by atoms with Crippen LogP contribution in [0.2, 0.25) is 0 Å². The Morgan fingerprint density at radius 1 is 1.32 bits per heavy atom. The highest BCUT2D eigenvalue weighted by molar-refractivity contribution is 5.84. The van der Waals surface area contributed by atoms with Crippen LogP contribution in [0.4, 0.5) is 4.79 Å². The number of aliphatic carboxylic acids is 1. The van der Waals surface area contributed by atoms with E-state index in [2.05, 4.69) is 5.32 Å². The predicted molar refractivity (Wildman–Crippen MR) is 63.3 cm³/mol. The number of rotatable bonds is 1. The Bertz CT molecular complexity index is 400. The van der Waals surface area contributed by atoms with Gasteiger partial charge in [-0.2, -0.15) is 0 Å². The molecule has 3 amide bonds. The molecule has 8 nitrogen and oxygen atoms in total. The highest BCUT2D eigenvalue weighted by Gasteiger charge is 2.40. The summed E-state index contributed by atoms with van der Waals surface area (Å²) in [6.45, 7) is 0.999. The van der Waals surface area contributed by atoms with Crippen molar-refractivity contribution in [2.24, 2.45) is 0 Å². The third-order valence-corrected chi connectivity index (χ3v) is 3.39. The Morgan fingerprint density at radius 3 is 2.74 bits per heavy atom. The summed E-state index contributed by atoms with van der Waals surface area (Å²) in [6, 6.07) is -1.42. The summed E-state index contributed by atoms with van der Waals surface area (Å²) in [4.78, 5) is 37.2. The number of aliphatic hydroxyl groups excluding tert-OH is 1. The van der Waals surface area contributed by atoms with Crippen LogP contribution in [0.15, 0.2) is 0 Å². The maximum atomic E-state index is 12.3. The van der Waals surface area contributed by atoms with Crippen molar-refractivity contribution in [1.82, 2.24) is 15.1 Å². The number of carbonyl (C=O) groups is 3. The Labute approximate surface area is 110 Å². The molecule has 0 radical (unpaired) electrons. The molecule has 2 heterocycles. The number of carboxylic acid groups (broad SMARTS) is 1. The van der Waals surface area contributed by atoms with Crippen molar-refractivity contribution in [2.75, 3.05) is 26.2 Å². The van der Waals surface area contributed by atoms with E-state index in [9.17, 15) is 19.5 Å². The summed E-state index contributed by atoms with van der Waals surface area (Å²) in [6.07, 6.45) is -0.553. The summed E-state index contributed by atoms with van der Waals surface area (Å²) < 4.78 is 0. The van der Waals surface area contributed by atoms with E-state index in [0.29, 0.717) is 13.1 Å². The molecule has 2 aliphatic heterocycles. The van der Waals surface area contributed by atoms with Crippen LogP contribution in [0.1, 0.15) is 12.8 Å². The molecule has 0 unspecified atom stereocenters. The monoisotopic (exact) mass is 271 g/mol. The molecule has 0 spiro atoms. The van der Waals surface area contributed by atoms with E-state index in [1.807, 2.05) is 0 Å². The Balaban J connectivity index is 2.05. The maximum Gasteiger partial charge on any atom is 0.326 e. The fourth-order valence-electron chi connectivity index (χ4n) is 2.40. The van der Waals surface area contributed by atoms with Gasteiger partial charge in [0.2, 0.25) is 5.91 Å². The molecule has 3 N–H and O–H groups in total. The van der Waals surface area contributed by atoms with Crippen molar-refractivity contribution >= 4 is 17.9 Å². The highest BCUT2D eigenvalue weighted by Crippen LogP contribution is 2.20. The molecule has 19 heavy (non-hydrogen) atoms. The van der Waals surface area contributed by atoms with Crippen molar-refractivity contribution in [1.29, 1.82) is 0 Å². The first-order valence-electron chi connectivity index (χ1n) is 6.22. The molecular formula is C11H17N3O5. The topological polar surface area (TPSA) is 110 Å². The minimum Gasteiger partial charge on any atom is -0.480 e. The molecule has 2 rings (SSSR count). The largest absolute Gasteiger partial charge is 0.480 e. The first-order chi connectivity index (χ1) is 8.99. The van der Waals surface area contributed by atoms with E-state index in [-0.39, 0.29) is 31.8 Å². The lowest BCUT2D eigenvalue weighted by molar-refractivity contribution is -0.141. The highest BCUT2D eigenvalue weighted by atomic mass is 16.4. The maximum absolute atomic E-state index is 12.3. The van der Waals surface area contributed by atoms with Crippen LogP contribution < -0.4 is 5.32 Å². The molecule has 0 saturated carbocycles. The van der Waals surface area contributed by atoms with Crippen LogP contribution in [0.5, 0.6) is 0 Å². The number of carboxylic acids is 1. The number of nitrogens with one attached hydrogen (secondary N) is 1. The van der Waals surface area contributed by atoms with Gasteiger partial charge in [-0.05, 0) is 0 Å². The molecule has 0 aliphatic carbocycles. The van der Waals surface area contributed by atoms with Gasteiger partial charge in [-0.15, -0.1) is 0 Å². The third kappa shape index (κ3) is 2.95. The Morgan fingerprint density at radius 2 is 2.05 bits per heavy atom. The standard InChI is InChI=1S/C11H17N3O5/c15-7-5-8(10(17)18)14(6-7)11(19)13-3-1-9(16)12-2-4-13/h7-8,15H,1-6H2,(H,12,16)(H,17,18)/t7-,8-/m0/s1. The second-order valence-electron chi connectivity index (χ2n) is 4.77. The van der Waals surface area contributed by atoms with Crippen LogP contribution in [-0.2, 0) is 9.59 Å². The average Bonchev–Trinajstić information content (AvgIpc) is 2.61. The number of urea groups is 1. The SMILES string of the molecule is O=C1CCN(C(=O)N2C[C@@H](O)C[C@H]2C(=O)O)CCN1. The van der Waals surface area contributed by atoms with Gasteiger partial charge in [-0.1, -0.05) is 0 Å². The van der Waals surface area contributed by atoms with E-state index in [1.165, 1.54) is 9.80 Å².